The fourth-order valence-electron chi connectivity index (χ4n) is 2.03. The van der Waals surface area contributed by atoms with Gasteiger partial charge in [0.25, 0.3) is 0 Å². The Morgan fingerprint density at radius 2 is 1.95 bits per heavy atom. The maximum Gasteiger partial charge on any atom is 0.165 e. The number of hydrogen-bond donors (Lipinski definition) is 0. The van der Waals surface area contributed by atoms with Gasteiger partial charge in [0.2, 0.25) is 0 Å². The number of para-hydroxylation sites is 1. The fourth-order valence-corrected chi connectivity index (χ4v) is 2.03. The second-order valence-electron chi connectivity index (χ2n) is 4.48. The Morgan fingerprint density at radius 3 is 2.63 bits per heavy atom. The summed E-state index contributed by atoms with van der Waals surface area (Å²) < 4.78 is 20.8. The van der Waals surface area contributed by atoms with E-state index < -0.39 is 0 Å². The molecule has 1 aromatic carbocycles. The third-order valence-corrected chi connectivity index (χ3v) is 3.19. The molecule has 2 rings (SSSR count). The molecule has 4 heteroatoms. The highest BCUT2D eigenvalue weighted by molar-refractivity contribution is 5.23. The van der Waals surface area contributed by atoms with E-state index in [9.17, 15) is 4.39 Å². The predicted molar refractivity (Wildman–Crippen MR) is 72.6 cm³/mol. The van der Waals surface area contributed by atoms with E-state index in [1.165, 1.54) is 6.07 Å². The van der Waals surface area contributed by atoms with Gasteiger partial charge in [-0.25, -0.2) is 4.39 Å². The maximum atomic E-state index is 13.4. The Bertz CT molecular complexity index is 520. The number of hydrogen-bond acceptors (Lipinski definition) is 2. The summed E-state index contributed by atoms with van der Waals surface area (Å²) in [5.74, 6) is -0.0819. The first-order chi connectivity index (χ1) is 9.24. The summed E-state index contributed by atoms with van der Waals surface area (Å²) in [6, 6.07) is 8.73. The molecule has 0 saturated carbocycles. The van der Waals surface area contributed by atoms with Crippen LogP contribution in [0.3, 0.4) is 0 Å². The number of rotatable bonds is 6. The quantitative estimate of drug-likeness (QED) is 0.787. The normalized spacial score (nSPS) is 10.9. The molecule has 102 valence electrons. The largest absolute Gasteiger partial charge is 0.484 e. The van der Waals surface area contributed by atoms with Crippen LogP contribution in [0.5, 0.6) is 5.75 Å². The lowest BCUT2D eigenvalue weighted by Crippen LogP contribution is -2.08. The smallest absolute Gasteiger partial charge is 0.165 e. The van der Waals surface area contributed by atoms with Crippen molar-refractivity contribution in [3.05, 3.63) is 48.0 Å². The van der Waals surface area contributed by atoms with Gasteiger partial charge in [-0.3, -0.25) is 4.68 Å². The molecular formula is C15H19FN2O. The molecule has 0 amide bonds. The van der Waals surface area contributed by atoms with Gasteiger partial charge in [0.15, 0.2) is 11.6 Å². The molecule has 2 aromatic rings. The van der Waals surface area contributed by atoms with Gasteiger partial charge in [0.05, 0.1) is 11.7 Å². The van der Waals surface area contributed by atoms with Gasteiger partial charge >= 0.3 is 0 Å². The van der Waals surface area contributed by atoms with Crippen molar-refractivity contribution in [1.82, 2.24) is 9.78 Å². The zero-order chi connectivity index (χ0) is 13.7. The summed E-state index contributed by atoms with van der Waals surface area (Å²) in [6.07, 6.45) is 4.05. The Morgan fingerprint density at radius 1 is 1.21 bits per heavy atom. The molecule has 0 radical (unpaired) electrons. The van der Waals surface area contributed by atoms with Crippen molar-refractivity contribution in [3.8, 4) is 5.75 Å². The third-order valence-electron chi connectivity index (χ3n) is 3.19. The molecule has 0 aliphatic heterocycles. The molecule has 0 N–H and O–H groups in total. The lowest BCUT2D eigenvalue weighted by atomic mass is 10.2. The predicted octanol–water partition coefficient (Wildman–Crippen LogP) is 3.96. The summed E-state index contributed by atoms with van der Waals surface area (Å²) in [4.78, 5) is 0. The molecular weight excluding hydrogens is 243 g/mol. The first kappa shape index (κ1) is 13.6. The third kappa shape index (κ3) is 3.34. The molecule has 19 heavy (non-hydrogen) atoms. The zero-order valence-corrected chi connectivity index (χ0v) is 11.3. The molecule has 1 heterocycles. The molecule has 0 fully saturated rings. The monoisotopic (exact) mass is 262 g/mol. The van der Waals surface area contributed by atoms with Crippen LogP contribution in [0.25, 0.3) is 0 Å². The fraction of sp³-hybridized carbons (Fsp3) is 0.400. The minimum absolute atomic E-state index is 0.264. The molecule has 3 nitrogen and oxygen atoms in total. The van der Waals surface area contributed by atoms with Gasteiger partial charge in [-0.2, -0.15) is 5.10 Å². The van der Waals surface area contributed by atoms with Crippen molar-refractivity contribution in [3.63, 3.8) is 0 Å². The van der Waals surface area contributed by atoms with Crippen molar-refractivity contribution < 1.29 is 9.13 Å². The second kappa shape index (κ2) is 6.36. The Labute approximate surface area is 113 Å². The van der Waals surface area contributed by atoms with E-state index in [4.69, 9.17) is 4.74 Å². The first-order valence-electron chi connectivity index (χ1n) is 6.66. The van der Waals surface area contributed by atoms with Crippen molar-refractivity contribution in [2.24, 2.45) is 0 Å². The van der Waals surface area contributed by atoms with Crippen LogP contribution in [0.1, 0.15) is 38.4 Å². The molecule has 1 aromatic heterocycles. The topological polar surface area (TPSA) is 27.1 Å². The van der Waals surface area contributed by atoms with Gasteiger partial charge in [0.1, 0.15) is 6.61 Å². The van der Waals surface area contributed by atoms with Gasteiger partial charge in [-0.15, -0.1) is 0 Å². The lowest BCUT2D eigenvalue weighted by molar-refractivity contribution is 0.282. The van der Waals surface area contributed by atoms with E-state index in [-0.39, 0.29) is 18.2 Å². The highest BCUT2D eigenvalue weighted by atomic mass is 19.1. The van der Waals surface area contributed by atoms with Crippen LogP contribution < -0.4 is 4.74 Å². The van der Waals surface area contributed by atoms with Gasteiger partial charge in [-0.05, 0) is 31.0 Å². The van der Waals surface area contributed by atoms with Gasteiger partial charge < -0.3 is 4.74 Å². The molecule has 0 unspecified atom stereocenters. The standard InChI is InChI=1S/C15H19FN2O/c1-3-13(4-2)18-10-9-12(17-18)11-19-15-8-6-5-7-14(15)16/h5-10,13H,3-4,11H2,1-2H3. The summed E-state index contributed by atoms with van der Waals surface area (Å²) in [6.45, 7) is 4.57. The van der Waals surface area contributed by atoms with E-state index in [2.05, 4.69) is 18.9 Å². The first-order valence-corrected chi connectivity index (χ1v) is 6.66. The molecule has 0 bridgehead atoms. The van der Waals surface area contributed by atoms with E-state index in [0.29, 0.717) is 6.04 Å². The van der Waals surface area contributed by atoms with E-state index in [1.807, 2.05) is 16.9 Å². The SMILES string of the molecule is CCC(CC)n1ccc(COc2ccccc2F)n1. The van der Waals surface area contributed by atoms with Crippen LogP contribution in [0.4, 0.5) is 4.39 Å². The maximum absolute atomic E-state index is 13.4. The van der Waals surface area contributed by atoms with Crippen molar-refractivity contribution in [2.75, 3.05) is 0 Å². The van der Waals surface area contributed by atoms with Crippen LogP contribution in [0.15, 0.2) is 36.5 Å². The van der Waals surface area contributed by atoms with Crippen LogP contribution in [0, 0.1) is 5.82 Å². The molecule has 0 spiro atoms. The number of halogens is 1. The number of ether oxygens (including phenoxy) is 1. The zero-order valence-electron chi connectivity index (χ0n) is 11.3. The average Bonchev–Trinajstić information content (AvgIpc) is 2.88. The van der Waals surface area contributed by atoms with Crippen LogP contribution in [-0.4, -0.2) is 9.78 Å². The van der Waals surface area contributed by atoms with E-state index in [0.717, 1.165) is 18.5 Å². The van der Waals surface area contributed by atoms with Crippen LogP contribution in [0.2, 0.25) is 0 Å². The molecule has 0 aliphatic rings. The minimum atomic E-state index is -0.345. The minimum Gasteiger partial charge on any atom is -0.484 e. The van der Waals surface area contributed by atoms with Crippen LogP contribution in [-0.2, 0) is 6.61 Å². The van der Waals surface area contributed by atoms with Crippen molar-refractivity contribution in [2.45, 2.75) is 39.3 Å². The molecule has 0 saturated heterocycles. The summed E-state index contributed by atoms with van der Waals surface area (Å²) in [7, 11) is 0. The number of nitrogens with zero attached hydrogens (tertiary/aromatic N) is 2. The van der Waals surface area contributed by atoms with E-state index in [1.54, 1.807) is 18.2 Å². The van der Waals surface area contributed by atoms with Crippen molar-refractivity contribution >= 4 is 0 Å². The van der Waals surface area contributed by atoms with Gasteiger partial charge in [-0.1, -0.05) is 26.0 Å². The van der Waals surface area contributed by atoms with Gasteiger partial charge in [0, 0.05) is 6.20 Å². The molecule has 0 atom stereocenters. The number of benzene rings is 1. The summed E-state index contributed by atoms with van der Waals surface area (Å²) >= 11 is 0. The van der Waals surface area contributed by atoms with Crippen molar-refractivity contribution in [1.29, 1.82) is 0 Å². The highest BCUT2D eigenvalue weighted by Crippen LogP contribution is 2.18. The van der Waals surface area contributed by atoms with Crippen LogP contribution >= 0.6 is 0 Å². The highest BCUT2D eigenvalue weighted by Gasteiger charge is 2.09. The Kier molecular flexibility index (Phi) is 4.55. The average molecular weight is 262 g/mol. The Balaban J connectivity index is 1.99. The summed E-state index contributed by atoms with van der Waals surface area (Å²) in [5, 5.41) is 4.47. The van der Waals surface area contributed by atoms with E-state index >= 15 is 0 Å². The molecule has 0 aliphatic carbocycles. The lowest BCUT2D eigenvalue weighted by Gasteiger charge is -2.12. The summed E-state index contributed by atoms with van der Waals surface area (Å²) in [5.41, 5.74) is 0.815. The second-order valence-corrected chi connectivity index (χ2v) is 4.48. The number of aromatic nitrogens is 2. The Hall–Kier alpha value is -1.84.